The van der Waals surface area contributed by atoms with Gasteiger partial charge in [-0.3, -0.25) is 14.4 Å². The standard InChI is InChI=1S/C34H49N3O5S/c1-9-18-35(23(6)7)32(41)29-34-17-16-33(8,43-34)27(28(34)31(40)37(29)25(21-38)20-22(4)5)30(39)36(19-10-2)24-12-14-26(15-13-24)42-11-3/h9-10,12-15,22-23,25,27-29,38H,1-2,11,16-21H2,3-8H3/t25-,27-,28+,29?,33+,34?/m1/s1. The average molecular weight is 612 g/mol. The average Bonchev–Trinajstić information content (AvgIpc) is 3.53. The highest BCUT2D eigenvalue weighted by Crippen LogP contribution is 2.72. The SMILES string of the molecule is C=CCN(C(=O)[C@H]1[C@H]2C(=O)N([C@@H](CO)CC(C)C)C(C(=O)N(CC=C)C(C)C)C23CC[C@]1(C)S3)c1ccc(OCC)cc1. The van der Waals surface area contributed by atoms with Crippen LogP contribution in [0.1, 0.15) is 60.8 Å². The first-order chi connectivity index (χ1) is 20.4. The van der Waals surface area contributed by atoms with Crippen LogP contribution in [0.2, 0.25) is 0 Å². The number of thioether (sulfide) groups is 1. The zero-order valence-electron chi connectivity index (χ0n) is 26.6. The molecule has 43 heavy (non-hydrogen) atoms. The zero-order chi connectivity index (χ0) is 31.7. The number of aliphatic hydroxyl groups is 1. The number of aliphatic hydroxyl groups excluding tert-OH is 1. The van der Waals surface area contributed by atoms with Crippen molar-refractivity contribution in [3.63, 3.8) is 0 Å². The van der Waals surface area contributed by atoms with E-state index in [-0.39, 0.29) is 42.8 Å². The molecule has 0 radical (unpaired) electrons. The maximum atomic E-state index is 14.7. The van der Waals surface area contributed by atoms with Gasteiger partial charge in [-0.2, -0.15) is 0 Å². The van der Waals surface area contributed by atoms with Gasteiger partial charge in [-0.1, -0.05) is 26.0 Å². The Labute approximate surface area is 261 Å². The summed E-state index contributed by atoms with van der Waals surface area (Å²) in [6.07, 6.45) is 5.35. The van der Waals surface area contributed by atoms with E-state index in [1.54, 1.807) is 38.6 Å². The minimum Gasteiger partial charge on any atom is -0.494 e. The normalized spacial score (nSPS) is 28.3. The van der Waals surface area contributed by atoms with Gasteiger partial charge in [0.1, 0.15) is 11.8 Å². The summed E-state index contributed by atoms with van der Waals surface area (Å²) in [4.78, 5) is 49.1. The summed E-state index contributed by atoms with van der Waals surface area (Å²) in [6, 6.07) is 6.02. The molecular formula is C34H49N3O5S. The van der Waals surface area contributed by atoms with Crippen LogP contribution in [0.15, 0.2) is 49.6 Å². The molecule has 9 heteroatoms. The molecule has 3 aliphatic rings. The molecular weight excluding hydrogens is 562 g/mol. The third kappa shape index (κ3) is 5.75. The topological polar surface area (TPSA) is 90.4 Å². The first-order valence-corrected chi connectivity index (χ1v) is 16.4. The van der Waals surface area contributed by atoms with Gasteiger partial charge in [-0.15, -0.1) is 24.9 Å². The largest absolute Gasteiger partial charge is 0.494 e. The Morgan fingerprint density at radius 1 is 1.12 bits per heavy atom. The van der Waals surface area contributed by atoms with Crippen LogP contribution < -0.4 is 9.64 Å². The molecule has 1 aromatic rings. The van der Waals surface area contributed by atoms with Gasteiger partial charge in [0.2, 0.25) is 17.7 Å². The van der Waals surface area contributed by atoms with E-state index in [1.165, 1.54) is 0 Å². The van der Waals surface area contributed by atoms with Crippen molar-refractivity contribution in [3.05, 3.63) is 49.6 Å². The monoisotopic (exact) mass is 611 g/mol. The zero-order valence-corrected chi connectivity index (χ0v) is 27.4. The highest BCUT2D eigenvalue weighted by atomic mass is 32.2. The van der Waals surface area contributed by atoms with Gasteiger partial charge >= 0.3 is 0 Å². The summed E-state index contributed by atoms with van der Waals surface area (Å²) in [6.45, 7) is 20.8. The van der Waals surface area contributed by atoms with E-state index in [1.807, 2.05) is 45.0 Å². The molecule has 2 unspecified atom stereocenters. The molecule has 0 aromatic heterocycles. The minimum absolute atomic E-state index is 0.102. The Kier molecular flexibility index (Phi) is 10.1. The van der Waals surface area contributed by atoms with Gasteiger partial charge in [-0.25, -0.2) is 0 Å². The number of amides is 3. The predicted molar refractivity (Wildman–Crippen MR) is 173 cm³/mol. The van der Waals surface area contributed by atoms with E-state index in [0.717, 1.165) is 12.2 Å². The quantitative estimate of drug-likeness (QED) is 0.301. The van der Waals surface area contributed by atoms with Crippen molar-refractivity contribution in [2.75, 3.05) is 31.2 Å². The summed E-state index contributed by atoms with van der Waals surface area (Å²) >= 11 is 1.66. The van der Waals surface area contributed by atoms with Crippen LogP contribution in [0.3, 0.4) is 0 Å². The molecule has 1 aromatic carbocycles. The second kappa shape index (κ2) is 13.1. The number of anilines is 1. The van der Waals surface area contributed by atoms with Crippen molar-refractivity contribution in [2.24, 2.45) is 17.8 Å². The number of hydrogen-bond donors (Lipinski definition) is 1. The molecule has 0 aliphatic carbocycles. The van der Waals surface area contributed by atoms with Gasteiger partial charge in [-0.05, 0) is 77.1 Å². The number of fused-ring (bicyclic) bond motifs is 1. The lowest BCUT2D eigenvalue weighted by Crippen LogP contribution is -2.58. The molecule has 3 heterocycles. The van der Waals surface area contributed by atoms with E-state index in [9.17, 15) is 19.5 Å². The van der Waals surface area contributed by atoms with Crippen molar-refractivity contribution >= 4 is 35.2 Å². The Balaban J connectivity index is 1.82. The molecule has 3 fully saturated rings. The first-order valence-electron chi connectivity index (χ1n) is 15.6. The van der Waals surface area contributed by atoms with Gasteiger partial charge in [0.15, 0.2) is 0 Å². The lowest BCUT2D eigenvalue weighted by atomic mass is 9.66. The Hall–Kier alpha value is -2.78. The molecule has 6 atom stereocenters. The number of rotatable bonds is 14. The summed E-state index contributed by atoms with van der Waals surface area (Å²) in [5.74, 6) is -0.844. The third-order valence-electron chi connectivity index (χ3n) is 9.33. The molecule has 8 nitrogen and oxygen atoms in total. The number of benzene rings is 1. The molecule has 1 N–H and O–H groups in total. The minimum atomic E-state index is -0.772. The smallest absolute Gasteiger partial charge is 0.247 e. The van der Waals surface area contributed by atoms with Gasteiger partial charge in [0.25, 0.3) is 0 Å². The van der Waals surface area contributed by atoms with E-state index in [4.69, 9.17) is 4.74 Å². The fourth-order valence-electron chi connectivity index (χ4n) is 7.59. The summed E-state index contributed by atoms with van der Waals surface area (Å²) in [5.41, 5.74) is 0.707. The molecule has 1 spiro atoms. The fraction of sp³-hybridized carbons (Fsp3) is 0.618. The summed E-state index contributed by atoms with van der Waals surface area (Å²) in [7, 11) is 0. The fourth-order valence-corrected chi connectivity index (χ4v) is 9.92. The lowest BCUT2D eigenvalue weighted by molar-refractivity contribution is -0.147. The predicted octanol–water partition coefficient (Wildman–Crippen LogP) is 4.92. The number of likely N-dealkylation sites (tertiary alicyclic amines) is 1. The summed E-state index contributed by atoms with van der Waals surface area (Å²) < 4.78 is 4.33. The van der Waals surface area contributed by atoms with Crippen LogP contribution in [0.5, 0.6) is 5.75 Å². The van der Waals surface area contributed by atoms with Crippen molar-refractivity contribution in [2.45, 2.75) is 88.4 Å². The third-order valence-corrected chi connectivity index (χ3v) is 11.3. The lowest BCUT2D eigenvalue weighted by Gasteiger charge is -2.41. The molecule has 3 aliphatic heterocycles. The van der Waals surface area contributed by atoms with Gasteiger partial charge in [0, 0.05) is 29.6 Å². The van der Waals surface area contributed by atoms with Crippen LogP contribution in [-0.2, 0) is 14.4 Å². The van der Waals surface area contributed by atoms with Crippen LogP contribution in [-0.4, -0.2) is 86.6 Å². The van der Waals surface area contributed by atoms with Crippen LogP contribution in [0.4, 0.5) is 5.69 Å². The van der Waals surface area contributed by atoms with E-state index >= 15 is 0 Å². The van der Waals surface area contributed by atoms with Crippen molar-refractivity contribution in [1.29, 1.82) is 0 Å². The second-order valence-corrected chi connectivity index (χ2v) is 14.9. The highest BCUT2D eigenvalue weighted by Gasteiger charge is 2.78. The Bertz CT molecular complexity index is 1220. The molecule has 3 saturated heterocycles. The number of ether oxygens (including phenoxy) is 1. The van der Waals surface area contributed by atoms with Crippen LogP contribution in [0.25, 0.3) is 0 Å². The number of carbonyl (C=O) groups excluding carboxylic acids is 3. The Morgan fingerprint density at radius 3 is 2.30 bits per heavy atom. The maximum absolute atomic E-state index is 14.7. The van der Waals surface area contributed by atoms with E-state index in [2.05, 4.69) is 33.9 Å². The molecule has 4 rings (SSSR count). The second-order valence-electron chi connectivity index (χ2n) is 13.0. The van der Waals surface area contributed by atoms with Crippen molar-refractivity contribution in [1.82, 2.24) is 9.80 Å². The van der Waals surface area contributed by atoms with Crippen LogP contribution in [0, 0.1) is 17.8 Å². The number of hydrogen-bond acceptors (Lipinski definition) is 6. The number of nitrogens with zero attached hydrogens (tertiary/aromatic N) is 3. The molecule has 0 saturated carbocycles. The molecule has 2 bridgehead atoms. The highest BCUT2D eigenvalue weighted by molar-refractivity contribution is 8.02. The van der Waals surface area contributed by atoms with E-state index in [0.29, 0.717) is 31.7 Å². The summed E-state index contributed by atoms with van der Waals surface area (Å²) in [5, 5.41) is 10.6. The van der Waals surface area contributed by atoms with Crippen LogP contribution >= 0.6 is 11.8 Å². The van der Waals surface area contributed by atoms with E-state index < -0.39 is 33.4 Å². The maximum Gasteiger partial charge on any atom is 0.247 e. The number of carbonyl (C=O) groups is 3. The van der Waals surface area contributed by atoms with Crippen molar-refractivity contribution in [3.8, 4) is 5.75 Å². The molecule has 3 amide bonds. The first kappa shape index (κ1) is 33.1. The van der Waals surface area contributed by atoms with Gasteiger partial charge < -0.3 is 24.5 Å². The van der Waals surface area contributed by atoms with Crippen molar-refractivity contribution < 1.29 is 24.2 Å². The van der Waals surface area contributed by atoms with Gasteiger partial charge in [0.05, 0.1) is 35.8 Å². The Morgan fingerprint density at radius 2 is 1.77 bits per heavy atom. The molecule has 236 valence electrons.